The zero-order valence-electron chi connectivity index (χ0n) is 21.1. The molecule has 4 atom stereocenters. The highest BCUT2D eigenvalue weighted by molar-refractivity contribution is 5.82. The summed E-state index contributed by atoms with van der Waals surface area (Å²) < 4.78 is 23.2. The van der Waals surface area contributed by atoms with E-state index in [1.165, 1.54) is 12.2 Å². The molecule has 0 radical (unpaired) electrons. The van der Waals surface area contributed by atoms with Crippen LogP contribution in [-0.2, 0) is 41.8 Å². The van der Waals surface area contributed by atoms with Crippen molar-refractivity contribution in [1.29, 1.82) is 0 Å². The monoisotopic (exact) mass is 492 g/mol. The first-order chi connectivity index (χ1) is 17.5. The number of hydrogen-bond donors (Lipinski definition) is 0. The van der Waals surface area contributed by atoms with Crippen LogP contribution in [0.1, 0.15) is 50.7 Å². The Morgan fingerprint density at radius 2 is 1.03 bits per heavy atom. The van der Waals surface area contributed by atoms with Crippen molar-refractivity contribution in [2.45, 2.75) is 77.2 Å². The number of benzene rings is 2. The molecule has 0 amide bonds. The fraction of sp³-hybridized carbons (Fsp3) is 0.400. The van der Waals surface area contributed by atoms with Gasteiger partial charge in [-0.3, -0.25) is 0 Å². The second-order valence-corrected chi connectivity index (χ2v) is 9.04. The average molecular weight is 493 g/mol. The fourth-order valence-electron chi connectivity index (χ4n) is 3.79. The first-order valence-corrected chi connectivity index (χ1v) is 12.6. The molecule has 0 N–H and O–H groups in total. The molecule has 0 bridgehead atoms. The van der Waals surface area contributed by atoms with Crippen LogP contribution in [0, 0.1) is 0 Å². The molecule has 1 aliphatic heterocycles. The van der Waals surface area contributed by atoms with Crippen LogP contribution in [-0.4, -0.2) is 36.4 Å². The Morgan fingerprint density at radius 3 is 1.42 bits per heavy atom. The van der Waals surface area contributed by atoms with Gasteiger partial charge in [-0.25, -0.2) is 9.59 Å². The summed E-state index contributed by atoms with van der Waals surface area (Å²) in [6, 6.07) is 19.7. The second-order valence-electron chi connectivity index (χ2n) is 9.04. The Morgan fingerprint density at radius 1 is 0.639 bits per heavy atom. The highest BCUT2D eigenvalue weighted by atomic mass is 16.5. The summed E-state index contributed by atoms with van der Waals surface area (Å²) in [5.74, 6) is -0.806. The Balaban J connectivity index is 1.63. The SMILES string of the molecule is C[C@@H]1CC[C@H](OCc2ccccc2)/C=C/C(=O)O[C@H](C)CC[C@H](OCc2ccccc2)/C=C/C(=O)O1. The third-order valence-corrected chi connectivity index (χ3v) is 5.86. The summed E-state index contributed by atoms with van der Waals surface area (Å²) in [5, 5.41) is 0. The summed E-state index contributed by atoms with van der Waals surface area (Å²) >= 11 is 0. The van der Waals surface area contributed by atoms with Gasteiger partial charge in [0, 0.05) is 12.2 Å². The van der Waals surface area contributed by atoms with Crippen LogP contribution in [0.4, 0.5) is 0 Å². The average Bonchev–Trinajstić information content (AvgIpc) is 2.88. The quantitative estimate of drug-likeness (QED) is 0.481. The van der Waals surface area contributed by atoms with Crippen molar-refractivity contribution < 1.29 is 28.5 Å². The Hall–Kier alpha value is -3.22. The van der Waals surface area contributed by atoms with Gasteiger partial charge in [-0.15, -0.1) is 0 Å². The van der Waals surface area contributed by atoms with Crippen molar-refractivity contribution in [3.8, 4) is 0 Å². The van der Waals surface area contributed by atoms with Gasteiger partial charge in [-0.05, 0) is 62.8 Å². The zero-order chi connectivity index (χ0) is 25.6. The maximum absolute atomic E-state index is 12.4. The molecule has 0 aliphatic carbocycles. The van der Waals surface area contributed by atoms with Gasteiger partial charge in [0.05, 0.1) is 37.6 Å². The minimum absolute atomic E-state index is 0.304. The lowest BCUT2D eigenvalue weighted by Gasteiger charge is -2.19. The standard InChI is InChI=1S/C30H36O6/c1-23-13-15-27(33-21-25-9-5-3-6-10-25)18-20-30(32)36-24(2)14-16-28(17-19-29(31)35-23)34-22-26-11-7-4-8-12-26/h3-12,17-20,23-24,27-28H,13-16,21-22H2,1-2H3/b19-17+,20-18+/t23-,24-,27+,28+/m1/s1. The second kappa shape index (κ2) is 15.0. The van der Waals surface area contributed by atoms with Gasteiger partial charge < -0.3 is 18.9 Å². The molecule has 2 aromatic rings. The molecule has 6 nitrogen and oxygen atoms in total. The summed E-state index contributed by atoms with van der Waals surface area (Å²) in [6.07, 6.45) is 7.43. The van der Waals surface area contributed by atoms with Crippen LogP contribution >= 0.6 is 0 Å². The van der Waals surface area contributed by atoms with Gasteiger partial charge >= 0.3 is 11.9 Å². The number of esters is 2. The highest BCUT2D eigenvalue weighted by Crippen LogP contribution is 2.16. The van der Waals surface area contributed by atoms with Crippen molar-refractivity contribution in [2.75, 3.05) is 0 Å². The summed E-state index contributed by atoms with van der Waals surface area (Å²) in [5.41, 5.74) is 2.09. The molecule has 3 rings (SSSR count). The Kier molecular flexibility index (Phi) is 11.4. The molecule has 0 spiro atoms. The van der Waals surface area contributed by atoms with Crippen LogP contribution in [0.15, 0.2) is 85.0 Å². The predicted molar refractivity (Wildman–Crippen MR) is 138 cm³/mol. The van der Waals surface area contributed by atoms with Crippen LogP contribution < -0.4 is 0 Å². The van der Waals surface area contributed by atoms with Gasteiger partial charge in [0.25, 0.3) is 0 Å². The first-order valence-electron chi connectivity index (χ1n) is 12.6. The number of carbonyl (C=O) groups excluding carboxylic acids is 2. The van der Waals surface area contributed by atoms with E-state index in [9.17, 15) is 9.59 Å². The molecule has 1 aliphatic rings. The molecule has 0 unspecified atom stereocenters. The third kappa shape index (κ3) is 10.6. The lowest BCUT2D eigenvalue weighted by molar-refractivity contribution is -0.143. The molecule has 0 fully saturated rings. The van der Waals surface area contributed by atoms with E-state index < -0.39 is 11.9 Å². The van der Waals surface area contributed by atoms with E-state index in [0.29, 0.717) is 38.9 Å². The van der Waals surface area contributed by atoms with Gasteiger partial charge in [0.2, 0.25) is 0 Å². The van der Waals surface area contributed by atoms with E-state index in [4.69, 9.17) is 18.9 Å². The minimum atomic E-state index is -0.403. The van der Waals surface area contributed by atoms with Crippen molar-refractivity contribution in [3.05, 3.63) is 96.1 Å². The van der Waals surface area contributed by atoms with Crippen molar-refractivity contribution in [2.24, 2.45) is 0 Å². The Bertz CT molecular complexity index is 904. The van der Waals surface area contributed by atoms with Gasteiger partial charge in [0.15, 0.2) is 0 Å². The van der Waals surface area contributed by atoms with Crippen molar-refractivity contribution in [1.82, 2.24) is 0 Å². The lowest BCUT2D eigenvalue weighted by atomic mass is 10.1. The number of cyclic esters (lactones) is 2. The zero-order valence-corrected chi connectivity index (χ0v) is 21.1. The normalized spacial score (nSPS) is 25.9. The molecule has 0 aromatic heterocycles. The number of hydrogen-bond acceptors (Lipinski definition) is 6. The van der Waals surface area contributed by atoms with E-state index in [1.807, 2.05) is 74.5 Å². The topological polar surface area (TPSA) is 71.1 Å². The minimum Gasteiger partial charge on any atom is -0.460 e. The van der Waals surface area contributed by atoms with E-state index in [-0.39, 0.29) is 24.4 Å². The molecule has 2 aromatic carbocycles. The highest BCUT2D eigenvalue weighted by Gasteiger charge is 2.16. The molecular weight excluding hydrogens is 456 g/mol. The molecule has 6 heteroatoms. The maximum atomic E-state index is 12.4. The van der Waals surface area contributed by atoms with E-state index in [1.54, 1.807) is 12.2 Å². The van der Waals surface area contributed by atoms with Crippen LogP contribution in [0.3, 0.4) is 0 Å². The van der Waals surface area contributed by atoms with E-state index in [0.717, 1.165) is 11.1 Å². The Labute approximate surface area is 213 Å². The lowest BCUT2D eigenvalue weighted by Crippen LogP contribution is -2.20. The smallest absolute Gasteiger partial charge is 0.330 e. The molecule has 0 saturated carbocycles. The van der Waals surface area contributed by atoms with Crippen molar-refractivity contribution in [3.63, 3.8) is 0 Å². The molecule has 1 heterocycles. The predicted octanol–water partition coefficient (Wildman–Crippen LogP) is 5.71. The van der Waals surface area contributed by atoms with Crippen LogP contribution in [0.25, 0.3) is 0 Å². The molecule has 0 saturated heterocycles. The molecular formula is C30H36O6. The van der Waals surface area contributed by atoms with E-state index in [2.05, 4.69) is 0 Å². The van der Waals surface area contributed by atoms with Gasteiger partial charge in [-0.2, -0.15) is 0 Å². The number of carbonyl (C=O) groups is 2. The van der Waals surface area contributed by atoms with E-state index >= 15 is 0 Å². The van der Waals surface area contributed by atoms with Crippen molar-refractivity contribution >= 4 is 11.9 Å². The fourth-order valence-corrected chi connectivity index (χ4v) is 3.79. The van der Waals surface area contributed by atoms with Crippen LogP contribution in [0.2, 0.25) is 0 Å². The van der Waals surface area contributed by atoms with Gasteiger partial charge in [-0.1, -0.05) is 60.7 Å². The summed E-state index contributed by atoms with van der Waals surface area (Å²) in [4.78, 5) is 24.9. The number of ether oxygens (including phenoxy) is 4. The number of rotatable bonds is 6. The van der Waals surface area contributed by atoms with Crippen LogP contribution in [0.5, 0.6) is 0 Å². The molecule has 36 heavy (non-hydrogen) atoms. The largest absolute Gasteiger partial charge is 0.460 e. The molecule has 192 valence electrons. The summed E-state index contributed by atoms with van der Waals surface area (Å²) in [6.45, 7) is 4.55. The first kappa shape index (κ1) is 27.4. The third-order valence-electron chi connectivity index (χ3n) is 5.86. The maximum Gasteiger partial charge on any atom is 0.330 e. The van der Waals surface area contributed by atoms with Gasteiger partial charge in [0.1, 0.15) is 0 Å². The summed E-state index contributed by atoms with van der Waals surface area (Å²) in [7, 11) is 0.